The van der Waals surface area contributed by atoms with Crippen LogP contribution in [-0.4, -0.2) is 47.0 Å². The average Bonchev–Trinajstić information content (AvgIpc) is 2.48. The zero-order valence-corrected chi connectivity index (χ0v) is 14.2. The van der Waals surface area contributed by atoms with Crippen molar-refractivity contribution in [3.8, 4) is 0 Å². The highest BCUT2D eigenvalue weighted by Gasteiger charge is 2.35. The van der Waals surface area contributed by atoms with Crippen molar-refractivity contribution in [1.29, 1.82) is 0 Å². The van der Waals surface area contributed by atoms with E-state index in [4.69, 9.17) is 9.47 Å². The zero-order chi connectivity index (χ0) is 16.9. The topological polar surface area (TPSA) is 59.0 Å². The van der Waals surface area contributed by atoms with Gasteiger partial charge in [-0.1, -0.05) is 30.3 Å². The normalized spacial score (nSPS) is 22.0. The first-order valence-corrected chi connectivity index (χ1v) is 8.16. The number of carbonyl (C=O) groups is 1. The number of aliphatic hydroxyl groups excluding tert-OH is 1. The Hall–Kier alpha value is -1.59. The van der Waals surface area contributed by atoms with Gasteiger partial charge in [-0.05, 0) is 39.2 Å². The molecular weight excluding hydrogens is 294 g/mol. The van der Waals surface area contributed by atoms with E-state index in [1.807, 2.05) is 51.1 Å². The second-order valence-corrected chi connectivity index (χ2v) is 6.95. The molecule has 1 aromatic rings. The standard InChI is InChI=1S/C18H27NO4/c1-18(2,3)23-17(21)19-11-7-10-16(20)15(19)13-22-12-14-8-5-4-6-9-14/h4-6,8-9,15-16,20H,7,10-13H2,1-3H3. The fraction of sp³-hybridized carbons (Fsp3) is 0.611. The molecule has 1 aliphatic rings. The molecule has 1 N–H and O–H groups in total. The molecule has 1 aromatic carbocycles. The first-order valence-electron chi connectivity index (χ1n) is 8.16. The Bertz CT molecular complexity index is 497. The Kier molecular flexibility index (Phi) is 6.02. The minimum absolute atomic E-state index is 0.301. The molecule has 128 valence electrons. The fourth-order valence-electron chi connectivity index (χ4n) is 2.66. The lowest BCUT2D eigenvalue weighted by molar-refractivity contribution is -0.0516. The van der Waals surface area contributed by atoms with E-state index >= 15 is 0 Å². The summed E-state index contributed by atoms with van der Waals surface area (Å²) in [5, 5.41) is 10.3. The highest BCUT2D eigenvalue weighted by atomic mass is 16.6. The van der Waals surface area contributed by atoms with Crippen LogP contribution in [0.4, 0.5) is 4.79 Å². The van der Waals surface area contributed by atoms with Crippen molar-refractivity contribution in [1.82, 2.24) is 4.90 Å². The monoisotopic (exact) mass is 321 g/mol. The van der Waals surface area contributed by atoms with Crippen molar-refractivity contribution in [2.75, 3.05) is 13.2 Å². The molecule has 1 heterocycles. The molecule has 0 saturated carbocycles. The van der Waals surface area contributed by atoms with Crippen molar-refractivity contribution >= 4 is 6.09 Å². The molecule has 0 radical (unpaired) electrons. The van der Waals surface area contributed by atoms with E-state index < -0.39 is 11.7 Å². The fourth-order valence-corrected chi connectivity index (χ4v) is 2.66. The summed E-state index contributed by atoms with van der Waals surface area (Å²) in [6.07, 6.45) is 0.491. The Labute approximate surface area is 138 Å². The van der Waals surface area contributed by atoms with Crippen LogP contribution in [0.3, 0.4) is 0 Å². The molecule has 2 rings (SSSR count). The van der Waals surface area contributed by atoms with E-state index in [1.54, 1.807) is 4.90 Å². The molecule has 0 spiro atoms. The number of aliphatic hydroxyl groups is 1. The number of piperidine rings is 1. The van der Waals surface area contributed by atoms with E-state index in [0.717, 1.165) is 12.0 Å². The smallest absolute Gasteiger partial charge is 0.410 e. The molecule has 0 bridgehead atoms. The first-order chi connectivity index (χ1) is 10.9. The molecule has 1 amide bonds. The maximum atomic E-state index is 12.3. The van der Waals surface area contributed by atoms with Crippen LogP contribution in [0, 0.1) is 0 Å². The SMILES string of the molecule is CC(C)(C)OC(=O)N1CCCC(O)C1COCc1ccccc1. The molecule has 0 aromatic heterocycles. The number of hydrogen-bond acceptors (Lipinski definition) is 4. The lowest BCUT2D eigenvalue weighted by atomic mass is 10.00. The molecule has 23 heavy (non-hydrogen) atoms. The molecule has 2 atom stereocenters. The second kappa shape index (κ2) is 7.79. The van der Waals surface area contributed by atoms with Gasteiger partial charge in [0.2, 0.25) is 0 Å². The van der Waals surface area contributed by atoms with Gasteiger partial charge in [-0.3, -0.25) is 0 Å². The van der Waals surface area contributed by atoms with E-state index in [-0.39, 0.29) is 12.1 Å². The van der Waals surface area contributed by atoms with Gasteiger partial charge in [-0.25, -0.2) is 4.79 Å². The number of ether oxygens (including phenoxy) is 2. The average molecular weight is 321 g/mol. The van der Waals surface area contributed by atoms with Gasteiger partial charge in [0.15, 0.2) is 0 Å². The second-order valence-electron chi connectivity index (χ2n) is 6.95. The van der Waals surface area contributed by atoms with Crippen LogP contribution in [-0.2, 0) is 16.1 Å². The third-order valence-corrected chi connectivity index (χ3v) is 3.77. The molecule has 5 heteroatoms. The Balaban J connectivity index is 1.93. The van der Waals surface area contributed by atoms with Crippen molar-refractivity contribution in [2.45, 2.75) is 58.0 Å². The molecule has 1 fully saturated rings. The van der Waals surface area contributed by atoms with Gasteiger partial charge in [-0.2, -0.15) is 0 Å². The molecule has 5 nitrogen and oxygen atoms in total. The van der Waals surface area contributed by atoms with Gasteiger partial charge in [-0.15, -0.1) is 0 Å². The molecular formula is C18H27NO4. The van der Waals surface area contributed by atoms with Gasteiger partial charge in [0.05, 0.1) is 25.4 Å². The number of benzene rings is 1. The molecule has 1 aliphatic heterocycles. The number of amides is 1. The van der Waals surface area contributed by atoms with Gasteiger partial charge < -0.3 is 19.5 Å². The van der Waals surface area contributed by atoms with Crippen LogP contribution in [0.1, 0.15) is 39.2 Å². The van der Waals surface area contributed by atoms with Crippen LogP contribution < -0.4 is 0 Å². The Morgan fingerprint density at radius 2 is 2.00 bits per heavy atom. The molecule has 2 unspecified atom stereocenters. The number of nitrogens with zero attached hydrogens (tertiary/aromatic N) is 1. The van der Waals surface area contributed by atoms with Gasteiger partial charge in [0, 0.05) is 6.54 Å². The number of carbonyl (C=O) groups excluding carboxylic acids is 1. The van der Waals surface area contributed by atoms with Crippen LogP contribution in [0.2, 0.25) is 0 Å². The van der Waals surface area contributed by atoms with E-state index in [1.165, 1.54) is 0 Å². The summed E-state index contributed by atoms with van der Waals surface area (Å²) in [5.41, 5.74) is 0.524. The van der Waals surface area contributed by atoms with Gasteiger partial charge >= 0.3 is 6.09 Å². The summed E-state index contributed by atoms with van der Waals surface area (Å²) in [6, 6.07) is 9.49. The summed E-state index contributed by atoms with van der Waals surface area (Å²) < 4.78 is 11.2. The summed E-state index contributed by atoms with van der Waals surface area (Å²) in [7, 11) is 0. The summed E-state index contributed by atoms with van der Waals surface area (Å²) in [4.78, 5) is 13.9. The zero-order valence-electron chi connectivity index (χ0n) is 14.2. The predicted octanol–water partition coefficient (Wildman–Crippen LogP) is 2.96. The van der Waals surface area contributed by atoms with Crippen LogP contribution in [0.15, 0.2) is 30.3 Å². The van der Waals surface area contributed by atoms with Crippen LogP contribution >= 0.6 is 0 Å². The van der Waals surface area contributed by atoms with Gasteiger partial charge in [0.25, 0.3) is 0 Å². The summed E-state index contributed by atoms with van der Waals surface area (Å²) in [5.74, 6) is 0. The van der Waals surface area contributed by atoms with E-state index in [9.17, 15) is 9.90 Å². The predicted molar refractivity (Wildman–Crippen MR) is 88.1 cm³/mol. The third-order valence-electron chi connectivity index (χ3n) is 3.77. The van der Waals surface area contributed by atoms with Crippen LogP contribution in [0.5, 0.6) is 0 Å². The van der Waals surface area contributed by atoms with E-state index in [2.05, 4.69) is 0 Å². The van der Waals surface area contributed by atoms with Crippen molar-refractivity contribution in [3.63, 3.8) is 0 Å². The maximum absolute atomic E-state index is 12.3. The minimum Gasteiger partial charge on any atom is -0.444 e. The molecule has 0 aliphatic carbocycles. The van der Waals surface area contributed by atoms with Crippen molar-refractivity contribution < 1.29 is 19.4 Å². The van der Waals surface area contributed by atoms with Crippen molar-refractivity contribution in [3.05, 3.63) is 35.9 Å². The summed E-state index contributed by atoms with van der Waals surface area (Å²) in [6.45, 7) is 6.87. The third kappa shape index (κ3) is 5.52. The van der Waals surface area contributed by atoms with E-state index in [0.29, 0.717) is 26.2 Å². The summed E-state index contributed by atoms with van der Waals surface area (Å²) >= 11 is 0. The minimum atomic E-state index is -0.577. The van der Waals surface area contributed by atoms with Crippen LogP contribution in [0.25, 0.3) is 0 Å². The number of likely N-dealkylation sites (tertiary alicyclic amines) is 1. The lowest BCUT2D eigenvalue weighted by Crippen LogP contribution is -2.54. The van der Waals surface area contributed by atoms with Gasteiger partial charge in [0.1, 0.15) is 5.60 Å². The Morgan fingerprint density at radius 1 is 1.30 bits per heavy atom. The number of hydrogen-bond donors (Lipinski definition) is 1. The lowest BCUT2D eigenvalue weighted by Gasteiger charge is -2.39. The highest BCUT2D eigenvalue weighted by Crippen LogP contribution is 2.21. The molecule has 1 saturated heterocycles. The highest BCUT2D eigenvalue weighted by molar-refractivity contribution is 5.68. The number of rotatable bonds is 4. The Morgan fingerprint density at radius 3 is 2.65 bits per heavy atom. The maximum Gasteiger partial charge on any atom is 0.410 e. The largest absolute Gasteiger partial charge is 0.444 e. The quantitative estimate of drug-likeness (QED) is 0.926. The first kappa shape index (κ1) is 17.8. The van der Waals surface area contributed by atoms with Crippen molar-refractivity contribution in [2.24, 2.45) is 0 Å².